The first kappa shape index (κ1) is 9.51. The number of azide groups is 1. The van der Waals surface area contributed by atoms with Gasteiger partial charge < -0.3 is 0 Å². The van der Waals surface area contributed by atoms with Crippen LogP contribution in [0.15, 0.2) is 22.6 Å². The van der Waals surface area contributed by atoms with Crippen molar-refractivity contribution in [2.24, 2.45) is 5.11 Å². The molecule has 0 aromatic carbocycles. The second-order valence-corrected chi connectivity index (χ2v) is 3.16. The van der Waals surface area contributed by atoms with Crippen LogP contribution in [0.2, 0.25) is 0 Å². The Balaban J connectivity index is 2.57. The molecule has 66 valence electrons. The Kier molecular flexibility index (Phi) is 3.75. The molecule has 0 aliphatic carbocycles. The molecule has 0 radical (unpaired) electrons. The Morgan fingerprint density at radius 1 is 1.69 bits per heavy atom. The van der Waals surface area contributed by atoms with Crippen LogP contribution in [-0.2, 0) is 0 Å². The Labute approximate surface area is 79.1 Å². The highest BCUT2D eigenvalue weighted by molar-refractivity contribution is 7.11. The van der Waals surface area contributed by atoms with Crippen LogP contribution >= 0.6 is 11.3 Å². The fourth-order valence-electron chi connectivity index (χ4n) is 0.790. The number of aldehydes is 1. The summed E-state index contributed by atoms with van der Waals surface area (Å²) < 4.78 is 0. The van der Waals surface area contributed by atoms with Crippen molar-refractivity contribution in [2.75, 3.05) is 6.54 Å². The number of carbonyl (C=O) groups is 1. The van der Waals surface area contributed by atoms with Crippen molar-refractivity contribution < 1.29 is 4.79 Å². The zero-order valence-corrected chi connectivity index (χ0v) is 7.57. The van der Waals surface area contributed by atoms with E-state index in [1.807, 2.05) is 11.5 Å². The molecule has 0 bridgehead atoms. The van der Waals surface area contributed by atoms with Crippen LogP contribution in [0.1, 0.15) is 15.2 Å². The lowest BCUT2D eigenvalue weighted by Gasteiger charge is -1.80. The predicted octanol–water partition coefficient (Wildman–Crippen LogP) is 2.88. The summed E-state index contributed by atoms with van der Waals surface area (Å²) in [7, 11) is 0. The summed E-state index contributed by atoms with van der Waals surface area (Å²) in [5.74, 6) is 0. The first-order valence-electron chi connectivity index (χ1n) is 3.58. The van der Waals surface area contributed by atoms with Crippen molar-refractivity contribution in [1.29, 1.82) is 0 Å². The van der Waals surface area contributed by atoms with E-state index in [0.29, 0.717) is 11.4 Å². The molecule has 0 spiro atoms. The summed E-state index contributed by atoms with van der Waals surface area (Å²) in [5, 5.41) is 5.21. The fourth-order valence-corrected chi connectivity index (χ4v) is 1.47. The van der Waals surface area contributed by atoms with Crippen molar-refractivity contribution in [3.05, 3.63) is 38.4 Å². The molecule has 1 aromatic heterocycles. The molecule has 0 saturated carbocycles. The fraction of sp³-hybridized carbons (Fsp3) is 0.125. The van der Waals surface area contributed by atoms with E-state index in [9.17, 15) is 4.79 Å². The highest BCUT2D eigenvalue weighted by Crippen LogP contribution is 2.13. The molecule has 0 amide bonds. The summed E-state index contributed by atoms with van der Waals surface area (Å²) in [6, 6.07) is 1.78. The van der Waals surface area contributed by atoms with Gasteiger partial charge in [0.25, 0.3) is 0 Å². The molecule has 5 heteroatoms. The third kappa shape index (κ3) is 3.11. The van der Waals surface area contributed by atoms with E-state index in [1.165, 1.54) is 11.3 Å². The van der Waals surface area contributed by atoms with Crippen LogP contribution in [0, 0.1) is 0 Å². The molecule has 0 saturated heterocycles. The normalized spacial score (nSPS) is 9.85. The first-order valence-corrected chi connectivity index (χ1v) is 4.46. The van der Waals surface area contributed by atoms with E-state index in [1.54, 1.807) is 12.1 Å². The predicted molar refractivity (Wildman–Crippen MR) is 52.8 cm³/mol. The van der Waals surface area contributed by atoms with E-state index < -0.39 is 0 Å². The molecule has 1 aromatic rings. The van der Waals surface area contributed by atoms with Gasteiger partial charge in [0.15, 0.2) is 6.29 Å². The number of carbonyl (C=O) groups excluding carboxylic acids is 1. The third-order valence-corrected chi connectivity index (χ3v) is 2.19. The molecule has 0 N–H and O–H groups in total. The molecule has 1 rings (SSSR count). The Bertz CT molecular complexity index is 363. The Hall–Kier alpha value is -1.58. The lowest BCUT2D eigenvalue weighted by molar-refractivity contribution is 0.112. The van der Waals surface area contributed by atoms with Gasteiger partial charge in [-0.2, -0.15) is 0 Å². The molecule has 0 fully saturated rings. The zero-order valence-electron chi connectivity index (χ0n) is 6.75. The minimum Gasteiger partial charge on any atom is -0.297 e. The van der Waals surface area contributed by atoms with Crippen LogP contribution in [-0.4, -0.2) is 12.8 Å². The highest BCUT2D eigenvalue weighted by atomic mass is 32.1. The monoisotopic (exact) mass is 193 g/mol. The minimum absolute atomic E-state index is 0.336. The minimum atomic E-state index is 0.336. The second kappa shape index (κ2) is 5.13. The number of thiophene rings is 1. The van der Waals surface area contributed by atoms with E-state index in [-0.39, 0.29) is 0 Å². The second-order valence-electron chi connectivity index (χ2n) is 2.22. The average molecular weight is 193 g/mol. The molecule has 1 heterocycles. The van der Waals surface area contributed by atoms with Gasteiger partial charge in [0, 0.05) is 11.5 Å². The van der Waals surface area contributed by atoms with Crippen LogP contribution in [0.25, 0.3) is 16.5 Å². The molecule has 4 nitrogen and oxygen atoms in total. The Morgan fingerprint density at radius 2 is 2.54 bits per heavy atom. The summed E-state index contributed by atoms with van der Waals surface area (Å²) in [6.07, 6.45) is 4.38. The summed E-state index contributed by atoms with van der Waals surface area (Å²) in [6.45, 7) is 0.336. The number of hydrogen-bond acceptors (Lipinski definition) is 3. The summed E-state index contributed by atoms with van der Waals surface area (Å²) >= 11 is 1.39. The molecule has 0 atom stereocenters. The van der Waals surface area contributed by atoms with E-state index in [0.717, 1.165) is 11.8 Å². The quantitative estimate of drug-likeness (QED) is 0.314. The number of nitrogens with zero attached hydrogens (tertiary/aromatic N) is 3. The molecule has 0 aliphatic heterocycles. The van der Waals surface area contributed by atoms with Crippen molar-refractivity contribution in [3.63, 3.8) is 0 Å². The maximum absolute atomic E-state index is 10.3. The van der Waals surface area contributed by atoms with Crippen LogP contribution in [0.3, 0.4) is 0 Å². The van der Waals surface area contributed by atoms with Crippen LogP contribution in [0.4, 0.5) is 0 Å². The van der Waals surface area contributed by atoms with Crippen molar-refractivity contribution in [3.8, 4) is 0 Å². The SMILES string of the molecule is [N-]=[N+]=NCC=Cc1csc(C=O)c1. The molecular weight excluding hydrogens is 186 g/mol. The summed E-state index contributed by atoms with van der Waals surface area (Å²) in [4.78, 5) is 13.6. The lowest BCUT2D eigenvalue weighted by atomic mass is 10.3. The number of hydrogen-bond donors (Lipinski definition) is 0. The van der Waals surface area contributed by atoms with Gasteiger partial charge in [-0.1, -0.05) is 17.3 Å². The molecular formula is C8H7N3OS. The first-order chi connectivity index (χ1) is 6.36. The van der Waals surface area contributed by atoms with Gasteiger partial charge in [0.05, 0.1) is 4.88 Å². The van der Waals surface area contributed by atoms with Gasteiger partial charge in [0.2, 0.25) is 0 Å². The molecule has 13 heavy (non-hydrogen) atoms. The average Bonchev–Trinajstić information content (AvgIpc) is 2.60. The van der Waals surface area contributed by atoms with Crippen molar-refractivity contribution in [1.82, 2.24) is 0 Å². The van der Waals surface area contributed by atoms with Gasteiger partial charge in [-0.25, -0.2) is 0 Å². The van der Waals surface area contributed by atoms with Gasteiger partial charge in [-0.3, -0.25) is 4.79 Å². The molecule has 0 aliphatic rings. The third-order valence-electron chi connectivity index (χ3n) is 1.32. The standard InChI is InChI=1S/C8H7N3OS/c9-11-10-3-1-2-7-4-8(5-12)13-6-7/h1-2,4-6H,3H2. The largest absolute Gasteiger partial charge is 0.297 e. The topological polar surface area (TPSA) is 65.8 Å². The van der Waals surface area contributed by atoms with E-state index in [4.69, 9.17) is 5.53 Å². The van der Waals surface area contributed by atoms with Crippen LogP contribution < -0.4 is 0 Å². The highest BCUT2D eigenvalue weighted by Gasteiger charge is 1.93. The van der Waals surface area contributed by atoms with Gasteiger partial charge in [-0.05, 0) is 22.5 Å². The van der Waals surface area contributed by atoms with Gasteiger partial charge >= 0.3 is 0 Å². The smallest absolute Gasteiger partial charge is 0.160 e. The van der Waals surface area contributed by atoms with Crippen molar-refractivity contribution >= 4 is 23.7 Å². The van der Waals surface area contributed by atoms with E-state index in [2.05, 4.69) is 10.0 Å². The van der Waals surface area contributed by atoms with Crippen molar-refractivity contribution in [2.45, 2.75) is 0 Å². The lowest BCUT2D eigenvalue weighted by Crippen LogP contribution is -1.68. The van der Waals surface area contributed by atoms with Gasteiger partial charge in [0.1, 0.15) is 0 Å². The maximum Gasteiger partial charge on any atom is 0.160 e. The van der Waals surface area contributed by atoms with Gasteiger partial charge in [-0.15, -0.1) is 11.3 Å². The zero-order chi connectivity index (χ0) is 9.52. The molecule has 0 unspecified atom stereocenters. The van der Waals surface area contributed by atoms with Crippen LogP contribution in [0.5, 0.6) is 0 Å². The maximum atomic E-state index is 10.3. The Morgan fingerprint density at radius 3 is 3.15 bits per heavy atom. The summed E-state index contributed by atoms with van der Waals surface area (Å²) in [5.41, 5.74) is 8.94. The number of rotatable bonds is 4. The van der Waals surface area contributed by atoms with E-state index >= 15 is 0 Å².